The van der Waals surface area contributed by atoms with Crippen molar-refractivity contribution in [1.29, 1.82) is 0 Å². The summed E-state index contributed by atoms with van der Waals surface area (Å²) >= 11 is 0. The van der Waals surface area contributed by atoms with Crippen LogP contribution in [0.1, 0.15) is 18.1 Å². The maximum atomic E-state index is 14.4. The maximum Gasteiger partial charge on any atom is 0.405 e. The molecule has 3 heterocycles. The van der Waals surface area contributed by atoms with E-state index in [1.165, 1.54) is 29.6 Å². The van der Waals surface area contributed by atoms with E-state index in [9.17, 15) is 30.8 Å². The molecule has 0 unspecified atom stereocenters. The summed E-state index contributed by atoms with van der Waals surface area (Å²) < 4.78 is 79.2. The molecule has 0 bridgehead atoms. The van der Waals surface area contributed by atoms with Crippen molar-refractivity contribution in [3.63, 3.8) is 0 Å². The van der Waals surface area contributed by atoms with Gasteiger partial charge in [-0.15, -0.1) is 0 Å². The molecule has 0 spiro atoms. The maximum absolute atomic E-state index is 14.4. The molecule has 196 valence electrons. The van der Waals surface area contributed by atoms with Gasteiger partial charge >= 0.3 is 6.18 Å². The minimum absolute atomic E-state index is 0.0278. The first-order valence-electron chi connectivity index (χ1n) is 11.1. The number of nitrogens with one attached hydrogen (secondary N) is 2. The third-order valence-corrected chi connectivity index (χ3v) is 7.44. The van der Waals surface area contributed by atoms with Crippen molar-refractivity contribution in [3.8, 4) is 11.4 Å². The molecule has 0 saturated carbocycles. The van der Waals surface area contributed by atoms with Gasteiger partial charge in [0.05, 0.1) is 11.1 Å². The first kappa shape index (κ1) is 26.3. The second kappa shape index (κ2) is 9.92. The van der Waals surface area contributed by atoms with Gasteiger partial charge in [0, 0.05) is 23.9 Å². The molecule has 0 aliphatic carbocycles. The van der Waals surface area contributed by atoms with Crippen molar-refractivity contribution in [3.05, 3.63) is 59.7 Å². The normalized spacial score (nSPS) is 14.3. The zero-order valence-corrected chi connectivity index (χ0v) is 20.5. The third kappa shape index (κ3) is 5.63. The van der Waals surface area contributed by atoms with Gasteiger partial charge in [-0.05, 0) is 38.5 Å². The number of hydrogen-bond donors (Lipinski definition) is 2. The summed E-state index contributed by atoms with van der Waals surface area (Å²) in [5.41, 5.74) is 1.85. The molecule has 2 aromatic heterocycles. The average Bonchev–Trinajstić information content (AvgIpc) is 3.29. The Kier molecular flexibility index (Phi) is 7.04. The standard InChI is InChI=1S/C23H22F4N6O3S/c1-13-3-5-15(6-4-13)37(35,36)33-10-8-17-16(7-9-28-21(17)33)19-29-11-18(24)20(32-19)31-14(2)22(34)30-12-23(25,26)27/h3-7,9,11,14H,8,10,12H2,1-2H3,(H,30,34)(H,29,31,32)/t14-/m0/s1. The van der Waals surface area contributed by atoms with Gasteiger partial charge in [-0.1, -0.05) is 17.7 Å². The Morgan fingerprint density at radius 1 is 1.16 bits per heavy atom. The summed E-state index contributed by atoms with van der Waals surface area (Å²) in [7, 11) is -3.89. The topological polar surface area (TPSA) is 117 Å². The first-order chi connectivity index (χ1) is 17.4. The molecule has 0 saturated heterocycles. The number of rotatable bonds is 7. The molecule has 1 aliphatic heterocycles. The van der Waals surface area contributed by atoms with Crippen LogP contribution in [0.15, 0.2) is 47.6 Å². The number of amides is 1. The number of anilines is 2. The van der Waals surface area contributed by atoms with Crippen LogP contribution in [0.5, 0.6) is 0 Å². The van der Waals surface area contributed by atoms with Crippen molar-refractivity contribution < 1.29 is 30.8 Å². The zero-order chi connectivity index (χ0) is 27.0. The van der Waals surface area contributed by atoms with Crippen LogP contribution in [0.25, 0.3) is 11.4 Å². The fraction of sp³-hybridized carbons (Fsp3) is 0.304. The molecule has 4 rings (SSSR count). The van der Waals surface area contributed by atoms with Crippen LogP contribution in [0, 0.1) is 12.7 Å². The van der Waals surface area contributed by atoms with Crippen LogP contribution < -0.4 is 14.9 Å². The molecule has 0 fully saturated rings. The third-order valence-electron chi connectivity index (χ3n) is 5.64. The van der Waals surface area contributed by atoms with E-state index in [1.807, 2.05) is 6.92 Å². The lowest BCUT2D eigenvalue weighted by Crippen LogP contribution is -2.42. The van der Waals surface area contributed by atoms with Gasteiger partial charge < -0.3 is 10.6 Å². The van der Waals surface area contributed by atoms with Gasteiger partial charge in [-0.2, -0.15) is 13.2 Å². The van der Waals surface area contributed by atoms with E-state index in [-0.39, 0.29) is 23.1 Å². The number of sulfonamides is 1. The number of alkyl halides is 3. The molecule has 9 nitrogen and oxygen atoms in total. The van der Waals surface area contributed by atoms with Crippen LogP contribution in [-0.4, -0.2) is 54.6 Å². The first-order valence-corrected chi connectivity index (χ1v) is 12.5. The highest BCUT2D eigenvalue weighted by Gasteiger charge is 2.34. The Hall–Kier alpha value is -3.81. The molecule has 1 aromatic carbocycles. The van der Waals surface area contributed by atoms with Crippen LogP contribution in [-0.2, 0) is 21.2 Å². The number of pyridine rings is 1. The molecule has 2 N–H and O–H groups in total. The number of carbonyl (C=O) groups is 1. The van der Waals surface area contributed by atoms with E-state index in [2.05, 4.69) is 20.3 Å². The zero-order valence-electron chi connectivity index (χ0n) is 19.7. The highest BCUT2D eigenvalue weighted by atomic mass is 32.2. The molecule has 3 aromatic rings. The number of aryl methyl sites for hydroxylation is 1. The predicted octanol–water partition coefficient (Wildman–Crippen LogP) is 3.22. The number of hydrogen-bond acceptors (Lipinski definition) is 7. The summed E-state index contributed by atoms with van der Waals surface area (Å²) in [5.74, 6) is -2.10. The number of nitrogens with zero attached hydrogens (tertiary/aromatic N) is 4. The number of benzene rings is 1. The summed E-state index contributed by atoms with van der Waals surface area (Å²) in [6.45, 7) is 1.69. The molecule has 1 amide bonds. The largest absolute Gasteiger partial charge is 0.405 e. The smallest absolute Gasteiger partial charge is 0.356 e. The van der Waals surface area contributed by atoms with Crippen molar-refractivity contribution in [1.82, 2.24) is 20.3 Å². The van der Waals surface area contributed by atoms with Gasteiger partial charge in [0.15, 0.2) is 17.5 Å². The molecule has 14 heteroatoms. The number of fused-ring (bicyclic) bond motifs is 1. The summed E-state index contributed by atoms with van der Waals surface area (Å²) in [6, 6.07) is 6.73. The summed E-state index contributed by atoms with van der Waals surface area (Å²) in [6.07, 6.45) is -2.06. The number of carbonyl (C=O) groups excluding carboxylic acids is 1. The lowest BCUT2D eigenvalue weighted by molar-refractivity contribution is -0.138. The Balaban J connectivity index is 1.61. The highest BCUT2D eigenvalue weighted by molar-refractivity contribution is 7.92. The van der Waals surface area contributed by atoms with Crippen molar-refractivity contribution in [2.75, 3.05) is 22.7 Å². The Labute approximate surface area is 210 Å². The van der Waals surface area contributed by atoms with Gasteiger partial charge in [-0.25, -0.2) is 32.1 Å². The number of halogens is 4. The molecule has 1 aliphatic rings. The molecular formula is C23H22F4N6O3S. The minimum atomic E-state index is -4.59. The Morgan fingerprint density at radius 3 is 2.54 bits per heavy atom. The monoisotopic (exact) mass is 538 g/mol. The van der Waals surface area contributed by atoms with Crippen LogP contribution in [0.3, 0.4) is 0 Å². The van der Waals surface area contributed by atoms with E-state index < -0.39 is 46.3 Å². The average molecular weight is 539 g/mol. The molecule has 1 atom stereocenters. The summed E-state index contributed by atoms with van der Waals surface area (Å²) in [5, 5.41) is 4.17. The van der Waals surface area contributed by atoms with Crippen molar-refractivity contribution >= 4 is 27.6 Å². The van der Waals surface area contributed by atoms with Crippen molar-refractivity contribution in [2.24, 2.45) is 0 Å². The van der Waals surface area contributed by atoms with Crippen molar-refractivity contribution in [2.45, 2.75) is 37.4 Å². The lowest BCUT2D eigenvalue weighted by Gasteiger charge is -2.19. The Bertz CT molecular complexity index is 1430. The van der Waals surface area contributed by atoms with Crippen LogP contribution in [0.2, 0.25) is 0 Å². The highest BCUT2D eigenvalue weighted by Crippen LogP contribution is 2.36. The van der Waals surface area contributed by atoms with E-state index >= 15 is 0 Å². The second-order valence-corrected chi connectivity index (χ2v) is 10.3. The Morgan fingerprint density at radius 2 is 1.86 bits per heavy atom. The van der Waals surface area contributed by atoms with Gasteiger partial charge in [0.25, 0.3) is 10.0 Å². The number of aromatic nitrogens is 3. The fourth-order valence-corrected chi connectivity index (χ4v) is 5.20. The quantitative estimate of drug-likeness (QED) is 0.444. The molecule has 0 radical (unpaired) electrons. The molecular weight excluding hydrogens is 516 g/mol. The van der Waals surface area contributed by atoms with E-state index in [1.54, 1.807) is 23.5 Å². The summed E-state index contributed by atoms with van der Waals surface area (Å²) in [4.78, 5) is 24.4. The van der Waals surface area contributed by atoms with E-state index in [0.717, 1.165) is 11.8 Å². The minimum Gasteiger partial charge on any atom is -0.356 e. The SMILES string of the molecule is Cc1ccc(S(=O)(=O)N2CCc3c(-c4ncc(F)c(N[C@@H](C)C(=O)NCC(F)(F)F)n4)ccnc32)cc1. The van der Waals surface area contributed by atoms with Gasteiger partial charge in [0.2, 0.25) is 5.91 Å². The van der Waals surface area contributed by atoms with Crippen LogP contribution >= 0.6 is 0 Å². The van der Waals surface area contributed by atoms with E-state index in [4.69, 9.17) is 0 Å². The molecule has 37 heavy (non-hydrogen) atoms. The van der Waals surface area contributed by atoms with Gasteiger partial charge in [-0.3, -0.25) is 4.79 Å². The van der Waals surface area contributed by atoms with E-state index in [0.29, 0.717) is 17.5 Å². The second-order valence-electron chi connectivity index (χ2n) is 8.39. The lowest BCUT2D eigenvalue weighted by atomic mass is 10.1. The fourth-order valence-electron chi connectivity index (χ4n) is 3.75. The predicted molar refractivity (Wildman–Crippen MR) is 127 cm³/mol. The van der Waals surface area contributed by atoms with Gasteiger partial charge in [0.1, 0.15) is 18.4 Å². The van der Waals surface area contributed by atoms with Crippen LogP contribution in [0.4, 0.5) is 29.2 Å².